The lowest BCUT2D eigenvalue weighted by Gasteiger charge is -2.10. The van der Waals surface area contributed by atoms with E-state index in [1.54, 1.807) is 24.3 Å². The van der Waals surface area contributed by atoms with Gasteiger partial charge in [0.2, 0.25) is 0 Å². The molecule has 0 spiro atoms. The molecule has 9 heteroatoms. The minimum atomic E-state index is -0.438. The van der Waals surface area contributed by atoms with Crippen molar-refractivity contribution in [2.75, 3.05) is 5.32 Å². The van der Waals surface area contributed by atoms with Crippen molar-refractivity contribution in [1.29, 1.82) is 0 Å². The van der Waals surface area contributed by atoms with Crippen molar-refractivity contribution in [2.24, 2.45) is 0 Å². The first-order valence-corrected chi connectivity index (χ1v) is 10.6. The summed E-state index contributed by atoms with van der Waals surface area (Å²) < 4.78 is 5.81. The molecule has 0 radical (unpaired) electrons. The maximum absolute atomic E-state index is 12.4. The Morgan fingerprint density at radius 2 is 1.71 bits per heavy atom. The number of nitrogens with zero attached hydrogens (tertiary/aromatic N) is 1. The van der Waals surface area contributed by atoms with E-state index in [0.717, 1.165) is 5.56 Å². The average molecular weight is 491 g/mol. The molecule has 0 fully saturated rings. The van der Waals surface area contributed by atoms with Gasteiger partial charge >= 0.3 is 0 Å². The molecule has 0 aliphatic carbocycles. The maximum atomic E-state index is 12.4. The second-order valence-electron chi connectivity index (χ2n) is 6.63. The molecule has 1 aromatic heterocycles. The van der Waals surface area contributed by atoms with Crippen molar-refractivity contribution in [3.63, 3.8) is 0 Å². The average Bonchev–Trinajstić information content (AvgIpc) is 3.11. The van der Waals surface area contributed by atoms with Gasteiger partial charge < -0.3 is 9.73 Å². The first-order chi connectivity index (χ1) is 14.9. The minimum absolute atomic E-state index is 0.125. The van der Waals surface area contributed by atoms with Gasteiger partial charge in [0.1, 0.15) is 5.52 Å². The van der Waals surface area contributed by atoms with Crippen LogP contribution in [0.15, 0.2) is 65.1 Å². The van der Waals surface area contributed by atoms with Crippen molar-refractivity contribution in [3.05, 3.63) is 92.7 Å². The van der Waals surface area contributed by atoms with Gasteiger partial charge in [0.25, 0.3) is 5.91 Å². The van der Waals surface area contributed by atoms with E-state index in [1.165, 1.54) is 12.1 Å². The van der Waals surface area contributed by atoms with Gasteiger partial charge in [0.15, 0.2) is 16.6 Å². The van der Waals surface area contributed by atoms with E-state index in [-0.39, 0.29) is 15.7 Å². The Labute approximate surface area is 198 Å². The molecule has 156 valence electrons. The molecule has 0 bridgehead atoms. The molecule has 0 saturated carbocycles. The Morgan fingerprint density at radius 1 is 0.968 bits per heavy atom. The third-order valence-electron chi connectivity index (χ3n) is 4.36. The molecule has 0 aliphatic rings. The van der Waals surface area contributed by atoms with Gasteiger partial charge in [-0.3, -0.25) is 10.1 Å². The Hall–Kier alpha value is -2.64. The largest absolute Gasteiger partial charge is 0.440 e. The van der Waals surface area contributed by atoms with Crippen molar-refractivity contribution >= 4 is 74.8 Å². The number of aromatic nitrogens is 1. The van der Waals surface area contributed by atoms with Gasteiger partial charge in [-0.2, -0.15) is 0 Å². The number of rotatable bonds is 4. The van der Waals surface area contributed by atoms with E-state index >= 15 is 0 Å². The summed E-state index contributed by atoms with van der Waals surface area (Å²) in [5.74, 6) is 0.148. The number of fused-ring (bicyclic) bond motifs is 1. The van der Waals surface area contributed by atoms with Crippen LogP contribution in [0.5, 0.6) is 0 Å². The van der Waals surface area contributed by atoms with Crippen molar-refractivity contribution < 1.29 is 9.21 Å². The minimum Gasteiger partial charge on any atom is -0.440 e. The molecule has 0 atom stereocenters. The van der Waals surface area contributed by atoms with Crippen LogP contribution in [-0.4, -0.2) is 16.0 Å². The lowest BCUT2D eigenvalue weighted by atomic mass is 10.1. The first kappa shape index (κ1) is 21.6. The number of hydrogen-bond acceptors (Lipinski definition) is 4. The molecule has 5 nitrogen and oxygen atoms in total. The Kier molecular flexibility index (Phi) is 6.43. The zero-order valence-corrected chi connectivity index (χ0v) is 18.9. The predicted octanol–water partition coefficient (Wildman–Crippen LogP) is 6.51. The van der Waals surface area contributed by atoms with Crippen molar-refractivity contribution in [3.8, 4) is 0 Å². The lowest BCUT2D eigenvalue weighted by molar-refractivity contribution is 0.0978. The molecule has 2 N–H and O–H groups in total. The van der Waals surface area contributed by atoms with Crippen LogP contribution >= 0.6 is 47.0 Å². The Bertz CT molecular complexity index is 1290. The monoisotopic (exact) mass is 489 g/mol. The van der Waals surface area contributed by atoms with Crippen molar-refractivity contribution in [1.82, 2.24) is 10.3 Å². The smallest absolute Gasteiger partial charge is 0.258 e. The molecule has 0 aliphatic heterocycles. The molecule has 1 heterocycles. The van der Waals surface area contributed by atoms with Gasteiger partial charge in [-0.05, 0) is 66.3 Å². The van der Waals surface area contributed by atoms with E-state index in [0.29, 0.717) is 39.1 Å². The van der Waals surface area contributed by atoms with Crippen LogP contribution in [0, 0.1) is 0 Å². The molecule has 31 heavy (non-hydrogen) atoms. The molecular formula is C22H14Cl3N3O2S. The number of carbonyl (C=O) groups excluding carboxylic acids is 1. The number of carbonyl (C=O) groups is 1. The SMILES string of the molecule is O=C(NC(=S)Nc1ccc2oc(Cc3ccc(Cl)cc3)nc2c1)c1ccc(Cl)cc1Cl. The van der Waals surface area contributed by atoms with Gasteiger partial charge in [0.05, 0.1) is 10.6 Å². The van der Waals surface area contributed by atoms with Crippen molar-refractivity contribution in [2.45, 2.75) is 6.42 Å². The summed E-state index contributed by atoms with van der Waals surface area (Å²) in [5, 5.41) is 7.05. The van der Waals surface area contributed by atoms with Crippen LogP contribution in [0.3, 0.4) is 0 Å². The fourth-order valence-electron chi connectivity index (χ4n) is 2.91. The van der Waals surface area contributed by atoms with Gasteiger partial charge in [-0.15, -0.1) is 0 Å². The fourth-order valence-corrected chi connectivity index (χ4v) is 3.74. The summed E-state index contributed by atoms with van der Waals surface area (Å²) in [6.45, 7) is 0. The van der Waals surface area contributed by atoms with Gasteiger partial charge in [-0.25, -0.2) is 4.98 Å². The summed E-state index contributed by atoms with van der Waals surface area (Å²) in [5.41, 5.74) is 3.29. The molecule has 4 rings (SSSR count). The van der Waals surface area contributed by atoms with E-state index in [2.05, 4.69) is 15.6 Å². The lowest BCUT2D eigenvalue weighted by Crippen LogP contribution is -2.34. The molecule has 0 unspecified atom stereocenters. The Morgan fingerprint density at radius 3 is 2.45 bits per heavy atom. The number of oxazole rings is 1. The highest BCUT2D eigenvalue weighted by molar-refractivity contribution is 7.80. The van der Waals surface area contributed by atoms with Crippen LogP contribution in [0.4, 0.5) is 5.69 Å². The number of thiocarbonyl (C=S) groups is 1. The van der Waals surface area contributed by atoms with Crippen LogP contribution in [0.25, 0.3) is 11.1 Å². The molecule has 3 aromatic carbocycles. The number of benzene rings is 3. The van der Waals surface area contributed by atoms with Crippen LogP contribution in [0.2, 0.25) is 15.1 Å². The van der Waals surface area contributed by atoms with Crippen LogP contribution < -0.4 is 10.6 Å². The fraction of sp³-hybridized carbons (Fsp3) is 0.0455. The highest BCUT2D eigenvalue weighted by Gasteiger charge is 2.13. The number of amides is 1. The summed E-state index contributed by atoms with van der Waals surface area (Å²) in [6.07, 6.45) is 0.547. The van der Waals surface area contributed by atoms with Crippen LogP contribution in [-0.2, 0) is 6.42 Å². The maximum Gasteiger partial charge on any atom is 0.258 e. The normalized spacial score (nSPS) is 10.8. The predicted molar refractivity (Wildman–Crippen MR) is 128 cm³/mol. The second-order valence-corrected chi connectivity index (χ2v) is 8.31. The third-order valence-corrected chi connectivity index (χ3v) is 5.37. The third kappa shape index (κ3) is 5.35. The highest BCUT2D eigenvalue weighted by atomic mass is 35.5. The van der Waals surface area contributed by atoms with Crippen LogP contribution in [0.1, 0.15) is 21.8 Å². The number of halogens is 3. The summed E-state index contributed by atoms with van der Waals surface area (Å²) in [7, 11) is 0. The number of anilines is 1. The van der Waals surface area contributed by atoms with E-state index in [9.17, 15) is 4.79 Å². The summed E-state index contributed by atoms with van der Waals surface area (Å²) >= 11 is 23.1. The van der Waals surface area contributed by atoms with E-state index in [1.807, 2.05) is 24.3 Å². The number of hydrogen-bond donors (Lipinski definition) is 2. The van der Waals surface area contributed by atoms with Gasteiger partial charge in [-0.1, -0.05) is 46.9 Å². The number of nitrogens with one attached hydrogen (secondary N) is 2. The van der Waals surface area contributed by atoms with E-state index < -0.39 is 5.91 Å². The highest BCUT2D eigenvalue weighted by Crippen LogP contribution is 2.23. The topological polar surface area (TPSA) is 67.2 Å². The quantitative estimate of drug-likeness (QED) is 0.319. The molecular weight excluding hydrogens is 477 g/mol. The zero-order chi connectivity index (χ0) is 22.0. The molecule has 0 saturated heterocycles. The summed E-state index contributed by atoms with van der Waals surface area (Å²) in [4.78, 5) is 16.9. The first-order valence-electron chi connectivity index (χ1n) is 9.09. The second kappa shape index (κ2) is 9.24. The van der Waals surface area contributed by atoms with Gasteiger partial charge in [0, 0.05) is 22.2 Å². The standard InChI is InChI=1S/C22H14Cl3N3O2S/c23-13-3-1-12(2-4-13)9-20-27-18-11-15(6-8-19(18)30-20)26-22(31)28-21(29)16-7-5-14(24)10-17(16)25/h1-8,10-11H,9H2,(H2,26,28,29,31). The molecule has 4 aromatic rings. The zero-order valence-electron chi connectivity index (χ0n) is 15.8. The molecule has 1 amide bonds. The van der Waals surface area contributed by atoms with E-state index in [4.69, 9.17) is 51.4 Å². The summed E-state index contributed by atoms with van der Waals surface area (Å²) in [6, 6.07) is 17.5. The Balaban J connectivity index is 1.43.